The molecule has 2 heterocycles. The number of halogens is 1. The molecule has 6 rings (SSSR count). The monoisotopic (exact) mass is 409 g/mol. The standard InChI is InChI=1S/C26H20FN3O/c27-17-11-8-16(9-12-17)25-20(14-28-30-25)26-24-19(6-3-7-22(24)31)23-18-5-2-1-4-15(18)10-13-21(23)29-26/h1-2,4-5,8-14,26,29H,3,6-7H2,(H,28,30). The van der Waals surface area contributed by atoms with Crippen molar-refractivity contribution in [2.75, 3.05) is 5.32 Å². The second-order valence-corrected chi connectivity index (χ2v) is 8.16. The molecular weight excluding hydrogens is 389 g/mol. The highest BCUT2D eigenvalue weighted by molar-refractivity contribution is 6.12. The van der Waals surface area contributed by atoms with Crippen LogP contribution >= 0.6 is 0 Å². The molecule has 0 spiro atoms. The Morgan fingerprint density at radius 2 is 1.81 bits per heavy atom. The van der Waals surface area contributed by atoms with E-state index >= 15 is 0 Å². The topological polar surface area (TPSA) is 57.8 Å². The number of ketones is 1. The van der Waals surface area contributed by atoms with Gasteiger partial charge in [-0.2, -0.15) is 5.10 Å². The van der Waals surface area contributed by atoms with E-state index in [2.05, 4.69) is 39.8 Å². The van der Waals surface area contributed by atoms with Crippen molar-refractivity contribution in [3.63, 3.8) is 0 Å². The highest BCUT2D eigenvalue weighted by atomic mass is 19.1. The van der Waals surface area contributed by atoms with Crippen LogP contribution < -0.4 is 5.32 Å². The van der Waals surface area contributed by atoms with Crippen LogP contribution in [-0.4, -0.2) is 16.0 Å². The second kappa shape index (κ2) is 6.91. The van der Waals surface area contributed by atoms with Gasteiger partial charge < -0.3 is 5.32 Å². The number of benzene rings is 3. The summed E-state index contributed by atoms with van der Waals surface area (Å²) in [6, 6.07) is 18.6. The molecule has 0 fully saturated rings. The molecule has 0 amide bonds. The van der Waals surface area contributed by atoms with Crippen LogP contribution in [0.25, 0.3) is 27.6 Å². The predicted octanol–water partition coefficient (Wildman–Crippen LogP) is 6.04. The third-order valence-corrected chi connectivity index (χ3v) is 6.39. The molecule has 0 saturated heterocycles. The molecule has 31 heavy (non-hydrogen) atoms. The third-order valence-electron chi connectivity index (χ3n) is 6.39. The van der Waals surface area contributed by atoms with Crippen LogP contribution in [0.15, 0.2) is 72.4 Å². The lowest BCUT2D eigenvalue weighted by atomic mass is 9.76. The van der Waals surface area contributed by atoms with E-state index in [4.69, 9.17) is 0 Å². The van der Waals surface area contributed by atoms with Crippen molar-refractivity contribution >= 4 is 27.8 Å². The lowest BCUT2D eigenvalue weighted by molar-refractivity contribution is -0.116. The summed E-state index contributed by atoms with van der Waals surface area (Å²) in [6.45, 7) is 0. The fraction of sp³-hybridized carbons (Fsp3) is 0.154. The first kappa shape index (κ1) is 18.1. The molecule has 1 unspecified atom stereocenters. The minimum Gasteiger partial charge on any atom is -0.373 e. The first-order valence-corrected chi connectivity index (χ1v) is 10.5. The van der Waals surface area contributed by atoms with Crippen molar-refractivity contribution in [3.05, 3.63) is 89.4 Å². The molecule has 4 aromatic rings. The summed E-state index contributed by atoms with van der Waals surface area (Å²) in [5, 5.41) is 13.3. The maximum Gasteiger partial charge on any atom is 0.161 e. The van der Waals surface area contributed by atoms with Crippen LogP contribution in [0, 0.1) is 5.82 Å². The van der Waals surface area contributed by atoms with Gasteiger partial charge in [-0.05, 0) is 59.5 Å². The van der Waals surface area contributed by atoms with Gasteiger partial charge in [0.15, 0.2) is 5.78 Å². The number of aromatic nitrogens is 2. The fourth-order valence-corrected chi connectivity index (χ4v) is 5.00. The molecule has 1 atom stereocenters. The molecule has 2 N–H and O–H groups in total. The first-order chi connectivity index (χ1) is 15.2. The number of nitrogens with one attached hydrogen (secondary N) is 2. The third kappa shape index (κ3) is 2.81. The Morgan fingerprint density at radius 1 is 0.968 bits per heavy atom. The minimum absolute atomic E-state index is 0.184. The van der Waals surface area contributed by atoms with Crippen molar-refractivity contribution in [1.82, 2.24) is 10.2 Å². The SMILES string of the molecule is O=C1CCCC2=C1C(c1cn[nH]c1-c1ccc(F)cc1)Nc1ccc3ccccc3c12. The Kier molecular flexibility index (Phi) is 4.03. The number of carbonyl (C=O) groups is 1. The molecule has 1 aliphatic heterocycles. The quantitative estimate of drug-likeness (QED) is 0.424. The minimum atomic E-state index is -0.296. The maximum atomic E-state index is 13.5. The summed E-state index contributed by atoms with van der Waals surface area (Å²) in [7, 11) is 0. The van der Waals surface area contributed by atoms with Gasteiger partial charge in [0.2, 0.25) is 0 Å². The molecule has 1 aromatic heterocycles. The molecule has 5 heteroatoms. The molecular formula is C26H20FN3O. The number of allylic oxidation sites excluding steroid dienone is 1. The van der Waals surface area contributed by atoms with Gasteiger partial charge in [-0.3, -0.25) is 9.89 Å². The normalized spacial score (nSPS) is 18.0. The molecule has 152 valence electrons. The Balaban J connectivity index is 1.57. The molecule has 0 bridgehead atoms. The smallest absolute Gasteiger partial charge is 0.161 e. The number of anilines is 1. The molecule has 4 nitrogen and oxygen atoms in total. The van der Waals surface area contributed by atoms with E-state index in [-0.39, 0.29) is 17.6 Å². The Morgan fingerprint density at radius 3 is 2.68 bits per heavy atom. The molecule has 2 aliphatic rings. The van der Waals surface area contributed by atoms with Crippen molar-refractivity contribution in [2.24, 2.45) is 0 Å². The fourth-order valence-electron chi connectivity index (χ4n) is 5.00. The van der Waals surface area contributed by atoms with Gasteiger partial charge in [-0.25, -0.2) is 4.39 Å². The van der Waals surface area contributed by atoms with Gasteiger partial charge in [-0.1, -0.05) is 30.3 Å². The Labute approximate surface area is 178 Å². The highest BCUT2D eigenvalue weighted by Crippen LogP contribution is 2.48. The van der Waals surface area contributed by atoms with Crippen LogP contribution in [0.2, 0.25) is 0 Å². The van der Waals surface area contributed by atoms with Gasteiger partial charge >= 0.3 is 0 Å². The summed E-state index contributed by atoms with van der Waals surface area (Å²) in [4.78, 5) is 13.2. The van der Waals surface area contributed by atoms with Gasteiger partial charge in [0.05, 0.1) is 17.9 Å². The van der Waals surface area contributed by atoms with E-state index in [9.17, 15) is 9.18 Å². The number of aromatic amines is 1. The van der Waals surface area contributed by atoms with E-state index in [1.807, 2.05) is 12.1 Å². The van der Waals surface area contributed by atoms with E-state index in [1.54, 1.807) is 18.3 Å². The lowest BCUT2D eigenvalue weighted by Crippen LogP contribution is -2.27. The number of hydrogen-bond donors (Lipinski definition) is 2. The Hall–Kier alpha value is -3.73. The zero-order chi connectivity index (χ0) is 20.9. The van der Waals surface area contributed by atoms with Crippen LogP contribution in [-0.2, 0) is 4.79 Å². The van der Waals surface area contributed by atoms with Crippen LogP contribution in [0.3, 0.4) is 0 Å². The Bertz CT molecular complexity index is 1370. The number of hydrogen-bond acceptors (Lipinski definition) is 3. The van der Waals surface area contributed by atoms with Gasteiger partial charge in [0, 0.05) is 34.4 Å². The second-order valence-electron chi connectivity index (χ2n) is 8.16. The number of carbonyl (C=O) groups excluding carboxylic acids is 1. The summed E-state index contributed by atoms with van der Waals surface area (Å²) in [5.74, 6) is -0.0996. The van der Waals surface area contributed by atoms with Crippen LogP contribution in [0.1, 0.15) is 36.4 Å². The van der Waals surface area contributed by atoms with E-state index < -0.39 is 0 Å². The van der Waals surface area contributed by atoms with Gasteiger partial charge in [0.1, 0.15) is 5.82 Å². The largest absolute Gasteiger partial charge is 0.373 e. The summed E-state index contributed by atoms with van der Waals surface area (Å²) in [6.07, 6.45) is 4.07. The number of fused-ring (bicyclic) bond motifs is 4. The zero-order valence-electron chi connectivity index (χ0n) is 16.8. The highest BCUT2D eigenvalue weighted by Gasteiger charge is 2.36. The van der Waals surface area contributed by atoms with Crippen molar-refractivity contribution < 1.29 is 9.18 Å². The number of rotatable bonds is 2. The average Bonchev–Trinajstić information content (AvgIpc) is 3.28. The van der Waals surface area contributed by atoms with Crippen LogP contribution in [0.5, 0.6) is 0 Å². The van der Waals surface area contributed by atoms with E-state index in [0.29, 0.717) is 6.42 Å². The van der Waals surface area contributed by atoms with E-state index in [0.717, 1.165) is 52.1 Å². The zero-order valence-corrected chi connectivity index (χ0v) is 16.8. The van der Waals surface area contributed by atoms with Gasteiger partial charge in [-0.15, -0.1) is 0 Å². The average molecular weight is 409 g/mol. The first-order valence-electron chi connectivity index (χ1n) is 10.5. The van der Waals surface area contributed by atoms with Crippen LogP contribution in [0.4, 0.5) is 10.1 Å². The molecule has 0 saturated carbocycles. The van der Waals surface area contributed by atoms with Crippen molar-refractivity contribution in [2.45, 2.75) is 25.3 Å². The maximum absolute atomic E-state index is 13.5. The number of H-pyrrole nitrogens is 1. The summed E-state index contributed by atoms with van der Waals surface area (Å²) < 4.78 is 13.5. The molecule has 3 aromatic carbocycles. The van der Waals surface area contributed by atoms with Crippen molar-refractivity contribution in [1.29, 1.82) is 0 Å². The number of nitrogens with zero attached hydrogens (tertiary/aromatic N) is 1. The summed E-state index contributed by atoms with van der Waals surface area (Å²) >= 11 is 0. The van der Waals surface area contributed by atoms with Gasteiger partial charge in [0.25, 0.3) is 0 Å². The lowest BCUT2D eigenvalue weighted by Gasteiger charge is -2.35. The predicted molar refractivity (Wildman–Crippen MR) is 120 cm³/mol. The summed E-state index contributed by atoms with van der Waals surface area (Å²) in [5.41, 5.74) is 6.68. The molecule has 0 radical (unpaired) electrons. The van der Waals surface area contributed by atoms with E-state index in [1.165, 1.54) is 22.9 Å². The van der Waals surface area contributed by atoms with Crippen molar-refractivity contribution in [3.8, 4) is 11.3 Å². The number of Topliss-reactive ketones (excluding diaryl/α,β-unsaturated/α-hetero) is 1. The molecule has 1 aliphatic carbocycles.